The minimum absolute atomic E-state index is 0. The van der Waals surface area contributed by atoms with E-state index in [0.29, 0.717) is 16.8 Å². The number of aliphatic hydroxyl groups is 3. The van der Waals surface area contributed by atoms with Gasteiger partial charge in [0.1, 0.15) is 24.0 Å². The smallest absolute Gasteiger partial charge is 0.806 e. The van der Waals surface area contributed by atoms with E-state index in [-0.39, 0.29) is 59.1 Å². The third-order valence-corrected chi connectivity index (χ3v) is 4.19. The van der Waals surface area contributed by atoms with E-state index in [4.69, 9.17) is 9.84 Å². The molecule has 1 aliphatic rings. The molecule has 15 heteroatoms. The summed E-state index contributed by atoms with van der Waals surface area (Å²) in [6, 6.07) is 0.401. The van der Waals surface area contributed by atoms with Crippen LogP contribution in [-0.2, 0) is 15.0 Å². The first-order valence-corrected chi connectivity index (χ1v) is 7.67. The van der Waals surface area contributed by atoms with E-state index < -0.39 is 55.8 Å². The zero-order valence-electron chi connectivity index (χ0n) is 13.2. The molecule has 4 atom stereocenters. The zero-order valence-corrected chi connectivity index (χ0v) is 18.0. The van der Waals surface area contributed by atoms with Crippen LogP contribution in [0, 0.1) is 0 Å². The maximum atomic E-state index is 13.4. The normalized spacial score (nSPS) is 26.7. The van der Waals surface area contributed by atoms with Crippen molar-refractivity contribution >= 4 is 7.60 Å². The molecule has 130 valence electrons. The summed E-state index contributed by atoms with van der Waals surface area (Å²) in [6.45, 7) is -0.678. The molecule has 25 heavy (non-hydrogen) atoms. The fourth-order valence-corrected chi connectivity index (χ4v) is 2.43. The van der Waals surface area contributed by atoms with Crippen LogP contribution in [0.3, 0.4) is 0 Å². The Balaban J connectivity index is 0.00000288. The van der Waals surface area contributed by atoms with Gasteiger partial charge < -0.3 is 34.4 Å². The minimum atomic E-state index is -6.39. The van der Waals surface area contributed by atoms with E-state index >= 15 is 0 Å². The molecule has 0 unspecified atom stereocenters. The van der Waals surface area contributed by atoms with Crippen molar-refractivity contribution in [1.29, 1.82) is 0 Å². The van der Waals surface area contributed by atoms with Crippen molar-refractivity contribution in [3.05, 3.63) is 28.4 Å². The summed E-state index contributed by atoms with van der Waals surface area (Å²) in [4.78, 5) is 35.6. The molecular formula is C10H11F2N2Na2O8P. The quantitative estimate of drug-likeness (QED) is 0.327. The Hall–Kier alpha value is 0.730. The van der Waals surface area contributed by atoms with E-state index in [1.54, 1.807) is 0 Å². The van der Waals surface area contributed by atoms with Crippen LogP contribution in [0.5, 0.6) is 0 Å². The molecule has 0 radical (unpaired) electrons. The van der Waals surface area contributed by atoms with E-state index in [1.165, 1.54) is 0 Å². The van der Waals surface area contributed by atoms with Gasteiger partial charge in [-0.2, -0.15) is 13.8 Å². The summed E-state index contributed by atoms with van der Waals surface area (Å²) in [5.41, 5.74) is -7.89. The minimum Gasteiger partial charge on any atom is -0.806 e. The third-order valence-electron chi connectivity index (χ3n) is 3.27. The van der Waals surface area contributed by atoms with Crippen molar-refractivity contribution < 1.29 is 102 Å². The predicted octanol–water partition coefficient (Wildman–Crippen LogP) is -9.17. The molecule has 1 saturated heterocycles. The van der Waals surface area contributed by atoms with Crippen molar-refractivity contribution in [2.24, 2.45) is 0 Å². The Labute approximate surface area is 183 Å². The molecule has 0 bridgehead atoms. The average molecular weight is 402 g/mol. The van der Waals surface area contributed by atoms with Crippen molar-refractivity contribution in [2.45, 2.75) is 30.2 Å². The monoisotopic (exact) mass is 402 g/mol. The molecule has 1 aliphatic heterocycles. The molecule has 0 aromatic carbocycles. The summed E-state index contributed by atoms with van der Waals surface area (Å²) in [5.74, 6) is 0. The topological polar surface area (TPSA) is 168 Å². The van der Waals surface area contributed by atoms with Crippen LogP contribution < -0.4 is 74.6 Å². The number of ether oxygens (including phenoxy) is 1. The molecule has 0 saturated carbocycles. The van der Waals surface area contributed by atoms with Gasteiger partial charge in [-0.15, -0.1) is 0 Å². The number of aliphatic hydroxyl groups excluding tert-OH is 3. The Morgan fingerprint density at radius 1 is 1.32 bits per heavy atom. The Kier molecular flexibility index (Phi) is 9.55. The standard InChI is InChI=1S/C10H13F2N2O8P.2Na/c11-10(12,23(19,20)21)5-1-2-14(9(18)13-5)8-7(17)6(16)4(3-15)22-8;;/h1-2,4,6-8,15-17H,3H2,(H2,19,20,21);;/q;2*+1/p-2/t4-,6-,7-,8-;;/m1../s1. The number of nitrogens with zero attached hydrogens (tertiary/aromatic N) is 2. The van der Waals surface area contributed by atoms with E-state index in [1.807, 2.05) is 0 Å². The fourth-order valence-electron chi connectivity index (χ4n) is 2.02. The van der Waals surface area contributed by atoms with Gasteiger partial charge in [-0.1, -0.05) is 0 Å². The van der Waals surface area contributed by atoms with Gasteiger partial charge in [0.05, 0.1) is 6.61 Å². The second kappa shape index (κ2) is 9.28. The molecule has 1 fully saturated rings. The molecule has 2 rings (SSSR count). The first-order valence-electron chi connectivity index (χ1n) is 6.12. The molecule has 0 spiro atoms. The van der Waals surface area contributed by atoms with Crippen LogP contribution in [0.4, 0.5) is 8.78 Å². The van der Waals surface area contributed by atoms with Gasteiger partial charge in [0, 0.05) is 13.8 Å². The molecule has 1 aromatic heterocycles. The summed E-state index contributed by atoms with van der Waals surface area (Å²) >= 11 is 0. The fraction of sp³-hybridized carbons (Fsp3) is 0.600. The van der Waals surface area contributed by atoms with E-state index in [0.717, 1.165) is 0 Å². The van der Waals surface area contributed by atoms with Crippen LogP contribution >= 0.6 is 7.60 Å². The Morgan fingerprint density at radius 2 is 1.88 bits per heavy atom. The molecule has 2 heterocycles. The van der Waals surface area contributed by atoms with Crippen molar-refractivity contribution in [3.63, 3.8) is 0 Å². The van der Waals surface area contributed by atoms with Crippen LogP contribution in [0.1, 0.15) is 11.9 Å². The van der Waals surface area contributed by atoms with Crippen LogP contribution in [0.15, 0.2) is 17.1 Å². The van der Waals surface area contributed by atoms with Gasteiger partial charge in [-0.3, -0.25) is 4.57 Å². The first-order chi connectivity index (χ1) is 10.5. The second-order valence-corrected chi connectivity index (χ2v) is 6.33. The SMILES string of the molecule is O=c1nc(C(F)(F)P(=O)([O-])[O-])ccn1[C@@H]1O[C@H](CO)[C@@H](O)[C@H]1O.[Na+].[Na+]. The number of halogens is 2. The maximum Gasteiger partial charge on any atom is 1.00 e. The number of aromatic nitrogens is 2. The molecule has 3 N–H and O–H groups in total. The molecule has 10 nitrogen and oxygen atoms in total. The van der Waals surface area contributed by atoms with Gasteiger partial charge in [-0.05, 0) is 6.07 Å². The van der Waals surface area contributed by atoms with E-state index in [2.05, 4.69) is 4.98 Å². The van der Waals surface area contributed by atoms with Crippen molar-refractivity contribution in [1.82, 2.24) is 9.55 Å². The maximum absolute atomic E-state index is 13.4. The van der Waals surface area contributed by atoms with Gasteiger partial charge in [0.25, 0.3) is 0 Å². The summed E-state index contributed by atoms with van der Waals surface area (Å²) < 4.78 is 42.8. The third kappa shape index (κ3) is 4.96. The van der Waals surface area contributed by atoms with Crippen molar-refractivity contribution in [3.8, 4) is 0 Å². The molecular weight excluding hydrogens is 391 g/mol. The van der Waals surface area contributed by atoms with E-state index in [9.17, 15) is 38.1 Å². The Bertz CT molecular complexity index is 702. The zero-order chi connectivity index (χ0) is 17.6. The van der Waals surface area contributed by atoms with Gasteiger partial charge in [0.2, 0.25) is 0 Å². The number of alkyl halides is 2. The summed E-state index contributed by atoms with van der Waals surface area (Å²) in [6.07, 6.45) is -5.32. The van der Waals surface area contributed by atoms with Crippen LogP contribution in [0.25, 0.3) is 0 Å². The van der Waals surface area contributed by atoms with Gasteiger partial charge in [-0.25, -0.2) is 4.79 Å². The van der Waals surface area contributed by atoms with Crippen molar-refractivity contribution in [2.75, 3.05) is 6.61 Å². The molecule has 1 aromatic rings. The van der Waals surface area contributed by atoms with Crippen LogP contribution in [0.2, 0.25) is 0 Å². The Morgan fingerprint density at radius 3 is 2.28 bits per heavy atom. The summed E-state index contributed by atoms with van der Waals surface area (Å²) in [5, 5.41) is 28.2. The first kappa shape index (κ1) is 25.7. The largest absolute Gasteiger partial charge is 1.00 e. The van der Waals surface area contributed by atoms with Gasteiger partial charge >= 0.3 is 70.5 Å². The summed E-state index contributed by atoms with van der Waals surface area (Å²) in [7, 11) is -6.39. The van der Waals surface area contributed by atoms with Crippen LogP contribution in [-0.4, -0.2) is 49.8 Å². The van der Waals surface area contributed by atoms with Gasteiger partial charge in [0.15, 0.2) is 6.23 Å². The second-order valence-electron chi connectivity index (χ2n) is 4.77. The average Bonchev–Trinajstić information content (AvgIpc) is 2.73. The number of rotatable bonds is 4. The molecule has 0 aliphatic carbocycles. The number of hydrogen-bond acceptors (Lipinski definition) is 9. The molecule has 0 amide bonds. The predicted molar refractivity (Wildman–Crippen MR) is 63.0 cm³/mol. The number of hydrogen-bond donors (Lipinski definition) is 3.